The highest BCUT2D eigenvalue weighted by Gasteiger charge is 2.21. The Morgan fingerprint density at radius 2 is 1.86 bits per heavy atom. The molecule has 5 heteroatoms. The molecular formula is C23H26N2O3. The van der Waals surface area contributed by atoms with Gasteiger partial charge in [0.2, 0.25) is 0 Å². The summed E-state index contributed by atoms with van der Waals surface area (Å²) in [6.45, 7) is 4.82. The van der Waals surface area contributed by atoms with Crippen LogP contribution in [0.3, 0.4) is 0 Å². The van der Waals surface area contributed by atoms with Crippen LogP contribution in [0.1, 0.15) is 35.9 Å². The standard InChI is InChI=1S/C23H26N2O3/c1-16-11-13-25(14-12-16)18-9-7-17(8-10-18)24-23(26)22-20(15-27-2)19-5-3-4-6-21(19)28-22/h3-10,16H,11-15H2,1-2H3,(H,24,26). The molecule has 1 saturated heterocycles. The Labute approximate surface area is 165 Å². The molecule has 1 aliphatic heterocycles. The number of rotatable bonds is 5. The maximum atomic E-state index is 12.8. The van der Waals surface area contributed by atoms with Gasteiger partial charge in [-0.3, -0.25) is 4.79 Å². The Bertz CT molecular complexity index is 954. The van der Waals surface area contributed by atoms with Gasteiger partial charge in [0.15, 0.2) is 5.76 Å². The molecule has 0 radical (unpaired) electrons. The van der Waals surface area contributed by atoms with Gasteiger partial charge in [0.1, 0.15) is 5.58 Å². The van der Waals surface area contributed by atoms with E-state index in [2.05, 4.69) is 29.3 Å². The number of methoxy groups -OCH3 is 1. The molecule has 0 unspecified atom stereocenters. The van der Waals surface area contributed by atoms with Crippen molar-refractivity contribution in [1.29, 1.82) is 0 Å². The summed E-state index contributed by atoms with van der Waals surface area (Å²) < 4.78 is 11.1. The molecule has 2 heterocycles. The van der Waals surface area contributed by atoms with Crippen molar-refractivity contribution in [3.05, 3.63) is 59.9 Å². The fourth-order valence-electron chi connectivity index (χ4n) is 3.78. The van der Waals surface area contributed by atoms with Crippen LogP contribution in [-0.2, 0) is 11.3 Å². The van der Waals surface area contributed by atoms with E-state index in [0.717, 1.165) is 35.6 Å². The van der Waals surface area contributed by atoms with Crippen molar-refractivity contribution in [3.63, 3.8) is 0 Å². The lowest BCUT2D eigenvalue weighted by Gasteiger charge is -2.32. The van der Waals surface area contributed by atoms with Crippen molar-refractivity contribution >= 4 is 28.3 Å². The topological polar surface area (TPSA) is 54.7 Å². The number of carbonyl (C=O) groups is 1. The largest absolute Gasteiger partial charge is 0.451 e. The summed E-state index contributed by atoms with van der Waals surface area (Å²) in [6.07, 6.45) is 2.46. The predicted octanol–water partition coefficient (Wildman–Crippen LogP) is 5.07. The molecule has 0 atom stereocenters. The molecule has 3 aromatic rings. The minimum atomic E-state index is -0.261. The summed E-state index contributed by atoms with van der Waals surface area (Å²) in [5.74, 6) is 0.847. The molecule has 5 nitrogen and oxygen atoms in total. The summed E-state index contributed by atoms with van der Waals surface area (Å²) in [7, 11) is 1.61. The van der Waals surface area contributed by atoms with Crippen LogP contribution in [0.5, 0.6) is 0 Å². The van der Waals surface area contributed by atoms with Gasteiger partial charge in [-0.1, -0.05) is 25.1 Å². The van der Waals surface area contributed by atoms with Crippen LogP contribution in [0.25, 0.3) is 11.0 Å². The highest BCUT2D eigenvalue weighted by atomic mass is 16.5. The summed E-state index contributed by atoms with van der Waals surface area (Å²) in [6, 6.07) is 15.7. The highest BCUT2D eigenvalue weighted by molar-refractivity contribution is 6.06. The van der Waals surface area contributed by atoms with Crippen molar-refractivity contribution in [1.82, 2.24) is 0 Å². The van der Waals surface area contributed by atoms with E-state index in [1.807, 2.05) is 36.4 Å². The van der Waals surface area contributed by atoms with Crippen LogP contribution in [-0.4, -0.2) is 26.1 Å². The maximum Gasteiger partial charge on any atom is 0.291 e. The van der Waals surface area contributed by atoms with Gasteiger partial charge in [0, 0.05) is 42.5 Å². The Balaban J connectivity index is 1.51. The molecule has 28 heavy (non-hydrogen) atoms. The van der Waals surface area contributed by atoms with Gasteiger partial charge in [0.05, 0.1) is 6.61 Å². The smallest absolute Gasteiger partial charge is 0.291 e. The fourth-order valence-corrected chi connectivity index (χ4v) is 3.78. The number of benzene rings is 2. The average molecular weight is 378 g/mol. The monoisotopic (exact) mass is 378 g/mol. The number of nitrogens with one attached hydrogen (secondary N) is 1. The van der Waals surface area contributed by atoms with Gasteiger partial charge in [-0.05, 0) is 49.1 Å². The molecule has 0 aliphatic carbocycles. The Hall–Kier alpha value is -2.79. The van der Waals surface area contributed by atoms with Crippen LogP contribution in [0.15, 0.2) is 52.9 Å². The first-order valence-electron chi connectivity index (χ1n) is 9.81. The van der Waals surface area contributed by atoms with Crippen LogP contribution in [0.2, 0.25) is 0 Å². The minimum absolute atomic E-state index is 0.261. The number of carbonyl (C=O) groups excluding carboxylic acids is 1. The third-order valence-corrected chi connectivity index (χ3v) is 5.47. The third kappa shape index (κ3) is 3.76. The number of anilines is 2. The maximum absolute atomic E-state index is 12.8. The molecule has 1 N–H and O–H groups in total. The first-order valence-corrected chi connectivity index (χ1v) is 9.81. The number of hydrogen-bond acceptors (Lipinski definition) is 4. The Morgan fingerprint density at radius 3 is 2.57 bits per heavy atom. The van der Waals surface area contributed by atoms with Crippen molar-refractivity contribution in [2.24, 2.45) is 5.92 Å². The van der Waals surface area contributed by atoms with Gasteiger partial charge in [0.25, 0.3) is 5.91 Å². The van der Waals surface area contributed by atoms with E-state index in [0.29, 0.717) is 18.0 Å². The highest BCUT2D eigenvalue weighted by Crippen LogP contribution is 2.28. The fraction of sp³-hybridized carbons (Fsp3) is 0.348. The van der Waals surface area contributed by atoms with Crippen LogP contribution in [0.4, 0.5) is 11.4 Å². The molecule has 0 spiro atoms. The second-order valence-electron chi connectivity index (χ2n) is 7.51. The Kier molecular flexibility index (Phi) is 5.35. The molecule has 1 fully saturated rings. The lowest BCUT2D eigenvalue weighted by Crippen LogP contribution is -2.32. The van der Waals surface area contributed by atoms with E-state index < -0.39 is 0 Å². The van der Waals surface area contributed by atoms with E-state index in [4.69, 9.17) is 9.15 Å². The van der Waals surface area contributed by atoms with Crippen LogP contribution >= 0.6 is 0 Å². The molecule has 1 amide bonds. The average Bonchev–Trinajstić information content (AvgIpc) is 3.08. The molecule has 1 aromatic heterocycles. The van der Waals surface area contributed by atoms with E-state index in [1.165, 1.54) is 18.5 Å². The zero-order valence-corrected chi connectivity index (χ0v) is 16.4. The number of amides is 1. The van der Waals surface area contributed by atoms with Crippen molar-refractivity contribution in [3.8, 4) is 0 Å². The van der Waals surface area contributed by atoms with E-state index in [-0.39, 0.29) is 5.91 Å². The van der Waals surface area contributed by atoms with Crippen LogP contribution < -0.4 is 10.2 Å². The van der Waals surface area contributed by atoms with E-state index in [1.54, 1.807) is 7.11 Å². The zero-order valence-electron chi connectivity index (χ0n) is 16.4. The SMILES string of the molecule is COCc1c(C(=O)Nc2ccc(N3CCC(C)CC3)cc2)oc2ccccc12. The number of ether oxygens (including phenoxy) is 1. The molecule has 0 saturated carbocycles. The minimum Gasteiger partial charge on any atom is -0.451 e. The summed E-state index contributed by atoms with van der Waals surface area (Å²) in [5.41, 5.74) is 3.42. The summed E-state index contributed by atoms with van der Waals surface area (Å²) in [5, 5.41) is 3.86. The van der Waals surface area contributed by atoms with Crippen molar-refractivity contribution in [2.45, 2.75) is 26.4 Å². The number of furan rings is 1. The number of hydrogen-bond donors (Lipinski definition) is 1. The molecular weight excluding hydrogens is 352 g/mol. The van der Waals surface area contributed by atoms with E-state index in [9.17, 15) is 4.79 Å². The molecule has 146 valence electrons. The first-order chi connectivity index (χ1) is 13.7. The van der Waals surface area contributed by atoms with Gasteiger partial charge in [-0.2, -0.15) is 0 Å². The van der Waals surface area contributed by atoms with Gasteiger partial charge < -0.3 is 19.4 Å². The van der Waals surface area contributed by atoms with Crippen LogP contribution in [0, 0.1) is 5.92 Å². The summed E-state index contributed by atoms with van der Waals surface area (Å²) >= 11 is 0. The molecule has 0 bridgehead atoms. The van der Waals surface area contributed by atoms with Crippen molar-refractivity contribution < 1.29 is 13.9 Å². The van der Waals surface area contributed by atoms with Gasteiger partial charge in [-0.25, -0.2) is 0 Å². The second-order valence-corrected chi connectivity index (χ2v) is 7.51. The van der Waals surface area contributed by atoms with Gasteiger partial charge >= 0.3 is 0 Å². The number of fused-ring (bicyclic) bond motifs is 1. The number of para-hydroxylation sites is 1. The first kappa shape index (κ1) is 18.6. The van der Waals surface area contributed by atoms with Crippen molar-refractivity contribution in [2.75, 3.05) is 30.4 Å². The normalized spacial score (nSPS) is 15.1. The third-order valence-electron chi connectivity index (χ3n) is 5.47. The van der Waals surface area contributed by atoms with E-state index >= 15 is 0 Å². The number of piperidine rings is 1. The van der Waals surface area contributed by atoms with Gasteiger partial charge in [-0.15, -0.1) is 0 Å². The zero-order chi connectivity index (χ0) is 19.5. The molecule has 2 aromatic carbocycles. The molecule has 1 aliphatic rings. The lowest BCUT2D eigenvalue weighted by atomic mass is 9.99. The summed E-state index contributed by atoms with van der Waals surface area (Å²) in [4.78, 5) is 15.2. The Morgan fingerprint density at radius 1 is 1.14 bits per heavy atom. The second kappa shape index (κ2) is 8.07. The molecule has 4 rings (SSSR count). The predicted molar refractivity (Wildman–Crippen MR) is 112 cm³/mol. The number of nitrogens with zero attached hydrogens (tertiary/aromatic N) is 1. The quantitative estimate of drug-likeness (QED) is 0.674. The lowest BCUT2D eigenvalue weighted by molar-refractivity contribution is 0.0992.